The minimum absolute atomic E-state index is 0.208. The number of hydrogen-bond donors (Lipinski definition) is 1. The molecule has 2 aromatic carbocycles. The molecule has 0 aromatic heterocycles. The molecule has 4 heteroatoms. The summed E-state index contributed by atoms with van der Waals surface area (Å²) in [7, 11) is 0. The fourth-order valence-corrected chi connectivity index (χ4v) is 1.79. The van der Waals surface area contributed by atoms with Gasteiger partial charge in [0.05, 0.1) is 0 Å². The number of nitrogens with two attached hydrogens (primary N) is 1. The van der Waals surface area contributed by atoms with Crippen LogP contribution in [0.5, 0.6) is 0 Å². The average molecular weight is 284 g/mol. The molecule has 0 unspecified atom stereocenters. The maximum Gasteiger partial charge on any atom is 0.133 e. The zero-order chi connectivity index (χ0) is 11.7. The Balaban J connectivity index is 2.59. The highest BCUT2D eigenvalue weighted by molar-refractivity contribution is 9.10. The van der Waals surface area contributed by atoms with E-state index in [0.29, 0.717) is 10.2 Å². The average Bonchev–Trinajstić information content (AvgIpc) is 2.19. The molecule has 0 saturated carbocycles. The van der Waals surface area contributed by atoms with Gasteiger partial charge in [-0.05, 0) is 30.3 Å². The van der Waals surface area contributed by atoms with E-state index in [2.05, 4.69) is 15.9 Å². The van der Waals surface area contributed by atoms with Crippen LogP contribution in [0.2, 0.25) is 0 Å². The lowest BCUT2D eigenvalue weighted by molar-refractivity contribution is 0.616. The Morgan fingerprint density at radius 2 is 1.44 bits per heavy atom. The van der Waals surface area contributed by atoms with Crippen LogP contribution in [0.4, 0.5) is 14.5 Å². The number of halogens is 3. The molecule has 16 heavy (non-hydrogen) atoms. The van der Waals surface area contributed by atoms with Crippen molar-refractivity contribution >= 4 is 21.6 Å². The van der Waals surface area contributed by atoms with Crippen molar-refractivity contribution in [2.45, 2.75) is 0 Å². The van der Waals surface area contributed by atoms with Gasteiger partial charge in [-0.3, -0.25) is 0 Å². The zero-order valence-corrected chi connectivity index (χ0v) is 9.76. The highest BCUT2D eigenvalue weighted by Gasteiger charge is 2.10. The number of hydrogen-bond acceptors (Lipinski definition) is 1. The maximum absolute atomic E-state index is 13.6. The Labute approximate surface area is 100 Å². The predicted molar refractivity (Wildman–Crippen MR) is 63.9 cm³/mol. The van der Waals surface area contributed by atoms with E-state index >= 15 is 0 Å². The summed E-state index contributed by atoms with van der Waals surface area (Å²) in [5.41, 5.74) is 6.18. The fourth-order valence-electron chi connectivity index (χ4n) is 1.46. The van der Waals surface area contributed by atoms with Crippen molar-refractivity contribution in [3.05, 3.63) is 52.5 Å². The molecular weight excluding hydrogens is 276 g/mol. The lowest BCUT2D eigenvalue weighted by atomic mass is 10.0. The third-order valence-corrected chi connectivity index (χ3v) is 2.71. The summed E-state index contributed by atoms with van der Waals surface area (Å²) in [5, 5.41) is 0. The first-order chi connectivity index (χ1) is 7.58. The van der Waals surface area contributed by atoms with Crippen LogP contribution >= 0.6 is 15.9 Å². The minimum atomic E-state index is -0.527. The second kappa shape index (κ2) is 4.22. The molecule has 2 rings (SSSR count). The molecule has 0 bridgehead atoms. The quantitative estimate of drug-likeness (QED) is 0.788. The lowest BCUT2D eigenvalue weighted by Gasteiger charge is -2.06. The van der Waals surface area contributed by atoms with Gasteiger partial charge in [-0.2, -0.15) is 0 Å². The van der Waals surface area contributed by atoms with Crippen LogP contribution in [0.1, 0.15) is 0 Å². The molecule has 0 fully saturated rings. The fraction of sp³-hybridized carbons (Fsp3) is 0. The van der Waals surface area contributed by atoms with Gasteiger partial charge in [-0.1, -0.05) is 22.0 Å². The molecule has 0 amide bonds. The summed E-state index contributed by atoms with van der Waals surface area (Å²) in [6.45, 7) is 0. The predicted octanol–water partition coefficient (Wildman–Crippen LogP) is 3.98. The van der Waals surface area contributed by atoms with E-state index < -0.39 is 11.6 Å². The van der Waals surface area contributed by atoms with Gasteiger partial charge >= 0.3 is 0 Å². The summed E-state index contributed by atoms with van der Waals surface area (Å²) in [6.07, 6.45) is 0. The first-order valence-electron chi connectivity index (χ1n) is 4.58. The van der Waals surface area contributed by atoms with Crippen molar-refractivity contribution in [2.24, 2.45) is 0 Å². The smallest absolute Gasteiger partial charge is 0.133 e. The first kappa shape index (κ1) is 11.1. The molecule has 2 N–H and O–H groups in total. The molecule has 0 atom stereocenters. The number of nitrogen functional groups attached to an aromatic ring is 1. The Kier molecular flexibility index (Phi) is 2.92. The highest BCUT2D eigenvalue weighted by Crippen LogP contribution is 2.28. The molecule has 1 nitrogen and oxygen atoms in total. The number of benzene rings is 2. The van der Waals surface area contributed by atoms with Crippen molar-refractivity contribution in [3.63, 3.8) is 0 Å². The third-order valence-electron chi connectivity index (χ3n) is 2.21. The van der Waals surface area contributed by atoms with E-state index in [1.165, 1.54) is 24.3 Å². The molecule has 2 aromatic rings. The van der Waals surface area contributed by atoms with Crippen LogP contribution in [0.3, 0.4) is 0 Å². The summed E-state index contributed by atoms with van der Waals surface area (Å²) >= 11 is 3.15. The van der Waals surface area contributed by atoms with E-state index in [9.17, 15) is 8.78 Å². The van der Waals surface area contributed by atoms with Crippen LogP contribution in [-0.2, 0) is 0 Å². The maximum atomic E-state index is 13.6. The molecule has 0 heterocycles. The molecular formula is C12H8BrF2N. The summed E-state index contributed by atoms with van der Waals surface area (Å²) in [4.78, 5) is 0. The number of rotatable bonds is 1. The van der Waals surface area contributed by atoms with Crippen molar-refractivity contribution in [2.75, 3.05) is 5.73 Å². The van der Waals surface area contributed by atoms with Gasteiger partial charge in [-0.25, -0.2) is 8.78 Å². The van der Waals surface area contributed by atoms with Gasteiger partial charge in [0.25, 0.3) is 0 Å². The third kappa shape index (κ3) is 2.07. The molecule has 0 aliphatic heterocycles. The van der Waals surface area contributed by atoms with Crippen molar-refractivity contribution in [1.29, 1.82) is 0 Å². The van der Waals surface area contributed by atoms with E-state index in [-0.39, 0.29) is 11.1 Å². The van der Waals surface area contributed by atoms with Gasteiger partial charge in [-0.15, -0.1) is 0 Å². The molecule has 0 aliphatic carbocycles. The molecule has 0 aliphatic rings. The van der Waals surface area contributed by atoms with Gasteiger partial charge in [0.15, 0.2) is 0 Å². The molecule has 82 valence electrons. The van der Waals surface area contributed by atoms with Crippen molar-refractivity contribution in [1.82, 2.24) is 0 Å². The summed E-state index contributed by atoms with van der Waals surface area (Å²) in [5.74, 6) is -1.00. The van der Waals surface area contributed by atoms with Gasteiger partial charge in [0, 0.05) is 21.3 Å². The number of anilines is 1. The van der Waals surface area contributed by atoms with E-state index in [1.54, 1.807) is 12.1 Å². The Morgan fingerprint density at radius 3 is 2.00 bits per heavy atom. The Hall–Kier alpha value is -1.42. The van der Waals surface area contributed by atoms with Crippen LogP contribution in [0.25, 0.3) is 11.1 Å². The topological polar surface area (TPSA) is 26.0 Å². The monoisotopic (exact) mass is 283 g/mol. The molecule has 0 spiro atoms. The largest absolute Gasteiger partial charge is 0.399 e. The summed E-state index contributed by atoms with van der Waals surface area (Å²) in [6, 6.07) is 8.67. The van der Waals surface area contributed by atoms with Gasteiger partial charge in [0.1, 0.15) is 11.6 Å². The van der Waals surface area contributed by atoms with E-state index in [4.69, 9.17) is 5.73 Å². The van der Waals surface area contributed by atoms with E-state index in [1.807, 2.05) is 0 Å². The second-order valence-electron chi connectivity index (χ2n) is 3.36. The normalized spacial score (nSPS) is 10.4. The SMILES string of the molecule is Nc1ccc(-c2ccc(Br)cc2F)c(F)c1. The standard InChI is InChI=1S/C12H8BrF2N/c13-7-1-3-9(11(14)5-7)10-4-2-8(16)6-12(10)15/h1-6H,16H2. The Morgan fingerprint density at radius 1 is 0.875 bits per heavy atom. The van der Waals surface area contributed by atoms with Gasteiger partial charge in [0.2, 0.25) is 0 Å². The minimum Gasteiger partial charge on any atom is -0.399 e. The Bertz CT molecular complexity index is 491. The zero-order valence-electron chi connectivity index (χ0n) is 8.18. The van der Waals surface area contributed by atoms with Crippen LogP contribution in [0.15, 0.2) is 40.9 Å². The van der Waals surface area contributed by atoms with Gasteiger partial charge < -0.3 is 5.73 Å². The summed E-state index contributed by atoms with van der Waals surface area (Å²) < 4.78 is 27.8. The van der Waals surface area contributed by atoms with Crippen LogP contribution in [0, 0.1) is 11.6 Å². The van der Waals surface area contributed by atoms with E-state index in [0.717, 1.165) is 0 Å². The van der Waals surface area contributed by atoms with Crippen LogP contribution in [-0.4, -0.2) is 0 Å². The van der Waals surface area contributed by atoms with Crippen LogP contribution < -0.4 is 5.73 Å². The van der Waals surface area contributed by atoms with Crippen molar-refractivity contribution < 1.29 is 8.78 Å². The molecule has 0 radical (unpaired) electrons. The second-order valence-corrected chi connectivity index (χ2v) is 4.28. The lowest BCUT2D eigenvalue weighted by Crippen LogP contribution is -1.91. The highest BCUT2D eigenvalue weighted by atomic mass is 79.9. The van der Waals surface area contributed by atoms with Crippen molar-refractivity contribution in [3.8, 4) is 11.1 Å². The molecule has 0 saturated heterocycles. The first-order valence-corrected chi connectivity index (χ1v) is 5.37.